The maximum atomic E-state index is 10.2. The molecule has 0 unspecified atom stereocenters. The second-order valence-electron chi connectivity index (χ2n) is 5.88. The number of rotatable bonds is 3. The van der Waals surface area contributed by atoms with Crippen LogP contribution in [0, 0.1) is 0 Å². The lowest BCUT2D eigenvalue weighted by Crippen LogP contribution is -2.16. The predicted octanol–water partition coefficient (Wildman–Crippen LogP) is 4.06. The third kappa shape index (κ3) is 2.21. The van der Waals surface area contributed by atoms with Crippen molar-refractivity contribution in [2.45, 2.75) is 31.7 Å². The van der Waals surface area contributed by atoms with Crippen LogP contribution in [0.15, 0.2) is 48.7 Å². The summed E-state index contributed by atoms with van der Waals surface area (Å²) in [6.07, 6.45) is 6.96. The number of aromatic nitrogens is 2. The van der Waals surface area contributed by atoms with Gasteiger partial charge in [-0.15, -0.1) is 0 Å². The molecule has 2 heterocycles. The topological polar surface area (TPSA) is 49.6 Å². The fourth-order valence-electron chi connectivity index (χ4n) is 3.26. The monoisotopic (exact) mass is 293 g/mol. The van der Waals surface area contributed by atoms with Crippen LogP contribution in [0.4, 0.5) is 5.82 Å². The number of phenols is 1. The number of pyridine rings is 1. The summed E-state index contributed by atoms with van der Waals surface area (Å²) in [6, 6.07) is 13.8. The third-order valence-corrected chi connectivity index (χ3v) is 4.39. The summed E-state index contributed by atoms with van der Waals surface area (Å²) < 4.78 is 2.07. The molecule has 0 saturated heterocycles. The van der Waals surface area contributed by atoms with E-state index in [2.05, 4.69) is 9.72 Å². The molecule has 1 aliphatic rings. The van der Waals surface area contributed by atoms with Gasteiger partial charge in [-0.25, -0.2) is 4.98 Å². The molecule has 1 aromatic carbocycles. The summed E-state index contributed by atoms with van der Waals surface area (Å²) in [5, 5.41) is 13.8. The number of fused-ring (bicyclic) bond motifs is 1. The Labute approximate surface area is 129 Å². The first-order valence-corrected chi connectivity index (χ1v) is 7.85. The number of aromatic hydroxyl groups is 1. The molecule has 4 heteroatoms. The summed E-state index contributed by atoms with van der Waals surface area (Å²) in [7, 11) is 0. The molecule has 112 valence electrons. The molecular weight excluding hydrogens is 274 g/mol. The van der Waals surface area contributed by atoms with E-state index >= 15 is 0 Å². The summed E-state index contributed by atoms with van der Waals surface area (Å²) in [5.74, 6) is 1.24. The number of nitrogens with one attached hydrogen (secondary N) is 1. The number of imidazole rings is 1. The zero-order valence-corrected chi connectivity index (χ0v) is 12.4. The Balaban J connectivity index is 1.87. The number of hydrogen-bond acceptors (Lipinski definition) is 3. The Morgan fingerprint density at radius 2 is 1.82 bits per heavy atom. The standard InChI is InChI=1S/C18H19N3O/c22-15-10-4-3-9-14(15)17-18(19-13-7-1-2-8-13)21-12-6-5-11-16(21)20-17/h3-6,9-13,19,22H,1-2,7-8H2. The van der Waals surface area contributed by atoms with Crippen molar-refractivity contribution in [2.24, 2.45) is 0 Å². The number of hydrogen-bond donors (Lipinski definition) is 2. The van der Waals surface area contributed by atoms with Gasteiger partial charge in [-0.05, 0) is 37.1 Å². The minimum atomic E-state index is 0.264. The molecule has 1 fully saturated rings. The second kappa shape index (κ2) is 5.37. The largest absolute Gasteiger partial charge is 0.507 e. The van der Waals surface area contributed by atoms with Gasteiger partial charge < -0.3 is 10.4 Å². The molecule has 0 spiro atoms. The van der Waals surface area contributed by atoms with E-state index in [4.69, 9.17) is 4.98 Å². The lowest BCUT2D eigenvalue weighted by molar-refractivity contribution is 0.477. The fraction of sp³-hybridized carbons (Fsp3) is 0.278. The molecule has 0 aliphatic heterocycles. The van der Waals surface area contributed by atoms with Gasteiger partial charge in [0.25, 0.3) is 0 Å². The van der Waals surface area contributed by atoms with Crippen molar-refractivity contribution in [3.8, 4) is 17.0 Å². The molecule has 4 rings (SSSR count). The molecule has 0 bridgehead atoms. The molecule has 0 atom stereocenters. The van der Waals surface area contributed by atoms with E-state index in [1.54, 1.807) is 6.07 Å². The van der Waals surface area contributed by atoms with Gasteiger partial charge in [0.05, 0.1) is 0 Å². The van der Waals surface area contributed by atoms with Gasteiger partial charge in [0.1, 0.15) is 22.9 Å². The molecule has 22 heavy (non-hydrogen) atoms. The average molecular weight is 293 g/mol. The van der Waals surface area contributed by atoms with E-state index in [0.717, 1.165) is 22.7 Å². The van der Waals surface area contributed by atoms with E-state index in [1.165, 1.54) is 25.7 Å². The summed E-state index contributed by atoms with van der Waals surface area (Å²) in [5.41, 5.74) is 2.48. The van der Waals surface area contributed by atoms with Crippen molar-refractivity contribution in [2.75, 3.05) is 5.32 Å². The van der Waals surface area contributed by atoms with Gasteiger partial charge in [-0.3, -0.25) is 4.40 Å². The molecule has 1 saturated carbocycles. The predicted molar refractivity (Wildman–Crippen MR) is 88.2 cm³/mol. The first-order chi connectivity index (χ1) is 10.8. The first-order valence-electron chi connectivity index (χ1n) is 7.85. The zero-order valence-electron chi connectivity index (χ0n) is 12.4. The lowest BCUT2D eigenvalue weighted by Gasteiger charge is -2.15. The third-order valence-electron chi connectivity index (χ3n) is 4.39. The van der Waals surface area contributed by atoms with Crippen molar-refractivity contribution in [1.82, 2.24) is 9.38 Å². The van der Waals surface area contributed by atoms with Crippen LogP contribution < -0.4 is 5.32 Å². The van der Waals surface area contributed by atoms with Gasteiger partial charge >= 0.3 is 0 Å². The maximum absolute atomic E-state index is 10.2. The van der Waals surface area contributed by atoms with Gasteiger partial charge in [0.2, 0.25) is 0 Å². The van der Waals surface area contributed by atoms with E-state index in [0.29, 0.717) is 6.04 Å². The lowest BCUT2D eigenvalue weighted by atomic mass is 10.1. The average Bonchev–Trinajstić information content (AvgIpc) is 3.17. The zero-order chi connectivity index (χ0) is 14.9. The van der Waals surface area contributed by atoms with Crippen LogP contribution in [-0.4, -0.2) is 20.5 Å². The van der Waals surface area contributed by atoms with Gasteiger partial charge in [0, 0.05) is 17.8 Å². The maximum Gasteiger partial charge on any atom is 0.139 e. The van der Waals surface area contributed by atoms with Gasteiger partial charge in [-0.2, -0.15) is 0 Å². The SMILES string of the molecule is Oc1ccccc1-c1nc2ccccn2c1NC1CCCC1. The Morgan fingerprint density at radius 3 is 2.64 bits per heavy atom. The van der Waals surface area contributed by atoms with Crippen LogP contribution in [0.25, 0.3) is 16.9 Å². The molecule has 3 aromatic rings. The van der Waals surface area contributed by atoms with Crippen molar-refractivity contribution in [1.29, 1.82) is 0 Å². The molecule has 4 nitrogen and oxygen atoms in total. The van der Waals surface area contributed by atoms with E-state index in [1.807, 2.05) is 42.6 Å². The highest BCUT2D eigenvalue weighted by atomic mass is 16.3. The Morgan fingerprint density at radius 1 is 1.05 bits per heavy atom. The Bertz CT molecular complexity index is 803. The highest BCUT2D eigenvalue weighted by Gasteiger charge is 2.21. The number of nitrogens with zero attached hydrogens (tertiary/aromatic N) is 2. The fourth-order valence-corrected chi connectivity index (χ4v) is 3.26. The highest BCUT2D eigenvalue weighted by Crippen LogP contribution is 2.35. The minimum Gasteiger partial charge on any atom is -0.507 e. The second-order valence-corrected chi connectivity index (χ2v) is 5.88. The van der Waals surface area contributed by atoms with Crippen molar-refractivity contribution < 1.29 is 5.11 Å². The molecule has 2 N–H and O–H groups in total. The molecule has 0 radical (unpaired) electrons. The van der Waals surface area contributed by atoms with Crippen molar-refractivity contribution in [3.05, 3.63) is 48.7 Å². The van der Waals surface area contributed by atoms with Crippen LogP contribution in [0.1, 0.15) is 25.7 Å². The van der Waals surface area contributed by atoms with Crippen molar-refractivity contribution in [3.63, 3.8) is 0 Å². The van der Waals surface area contributed by atoms with E-state index in [9.17, 15) is 5.11 Å². The highest BCUT2D eigenvalue weighted by molar-refractivity contribution is 5.80. The van der Waals surface area contributed by atoms with Crippen LogP contribution >= 0.6 is 0 Å². The van der Waals surface area contributed by atoms with E-state index < -0.39 is 0 Å². The molecular formula is C18H19N3O. The Kier molecular flexibility index (Phi) is 3.22. The quantitative estimate of drug-likeness (QED) is 0.765. The molecule has 1 aliphatic carbocycles. The normalized spacial score (nSPS) is 15.5. The van der Waals surface area contributed by atoms with Gasteiger partial charge in [-0.1, -0.05) is 31.0 Å². The number of benzene rings is 1. The molecule has 0 amide bonds. The molecule has 2 aromatic heterocycles. The van der Waals surface area contributed by atoms with Crippen LogP contribution in [0.2, 0.25) is 0 Å². The smallest absolute Gasteiger partial charge is 0.139 e. The first kappa shape index (κ1) is 13.2. The van der Waals surface area contributed by atoms with Gasteiger partial charge in [0.15, 0.2) is 0 Å². The van der Waals surface area contributed by atoms with Crippen molar-refractivity contribution >= 4 is 11.5 Å². The minimum absolute atomic E-state index is 0.264. The number of phenolic OH excluding ortho intramolecular Hbond substituents is 1. The van der Waals surface area contributed by atoms with Crippen LogP contribution in [-0.2, 0) is 0 Å². The van der Waals surface area contributed by atoms with Crippen LogP contribution in [0.5, 0.6) is 5.75 Å². The summed E-state index contributed by atoms with van der Waals surface area (Å²) >= 11 is 0. The van der Waals surface area contributed by atoms with E-state index in [-0.39, 0.29) is 5.75 Å². The number of para-hydroxylation sites is 1. The number of anilines is 1. The van der Waals surface area contributed by atoms with Crippen LogP contribution in [0.3, 0.4) is 0 Å². The Hall–Kier alpha value is -2.49. The summed E-state index contributed by atoms with van der Waals surface area (Å²) in [4.78, 5) is 4.73. The summed E-state index contributed by atoms with van der Waals surface area (Å²) in [6.45, 7) is 0.